The van der Waals surface area contributed by atoms with E-state index < -0.39 is 0 Å². The molecule has 0 aromatic carbocycles. The van der Waals surface area contributed by atoms with Crippen LogP contribution in [0.1, 0.15) is 37.9 Å². The van der Waals surface area contributed by atoms with Gasteiger partial charge in [-0.25, -0.2) is 0 Å². The number of nitrogens with zero attached hydrogens (tertiary/aromatic N) is 1. The zero-order valence-corrected chi connectivity index (χ0v) is 12.8. The third-order valence-electron chi connectivity index (χ3n) is 3.12. The fourth-order valence-corrected chi connectivity index (χ4v) is 2.03. The third-order valence-corrected chi connectivity index (χ3v) is 3.12. The van der Waals surface area contributed by atoms with E-state index in [1.165, 1.54) is 5.56 Å². The molecule has 0 amide bonds. The molecule has 1 N–H and O–H groups in total. The first-order chi connectivity index (χ1) is 9.06. The Morgan fingerprint density at radius 3 is 2.79 bits per heavy atom. The average molecular weight is 264 g/mol. The van der Waals surface area contributed by atoms with Gasteiger partial charge in [0.05, 0.1) is 13.1 Å². The maximum atomic E-state index is 5.94. The van der Waals surface area contributed by atoms with E-state index >= 15 is 0 Å². The van der Waals surface area contributed by atoms with Gasteiger partial charge in [0, 0.05) is 6.54 Å². The Morgan fingerprint density at radius 2 is 2.21 bits per heavy atom. The summed E-state index contributed by atoms with van der Waals surface area (Å²) in [5, 5.41) is 3.42. The molecule has 1 aromatic heterocycles. The highest BCUT2D eigenvalue weighted by Gasteiger charge is 2.10. The maximum absolute atomic E-state index is 5.94. The lowest BCUT2D eigenvalue weighted by Crippen LogP contribution is -2.22. The van der Waals surface area contributed by atoms with Crippen molar-refractivity contribution in [2.45, 2.75) is 40.8 Å². The summed E-state index contributed by atoms with van der Waals surface area (Å²) < 4.78 is 5.94. The summed E-state index contributed by atoms with van der Waals surface area (Å²) in [7, 11) is 0. The molecular formula is C16H28N2O. The Balaban J connectivity index is 2.55. The number of likely N-dealkylation sites (N-methyl/N-ethyl adjacent to an activating group) is 1. The van der Waals surface area contributed by atoms with Crippen molar-refractivity contribution in [3.63, 3.8) is 0 Å². The Labute approximate surface area is 117 Å². The molecule has 0 fully saturated rings. The number of hydrogen-bond donors (Lipinski definition) is 1. The van der Waals surface area contributed by atoms with Gasteiger partial charge >= 0.3 is 0 Å². The van der Waals surface area contributed by atoms with E-state index in [-0.39, 0.29) is 0 Å². The monoisotopic (exact) mass is 264 g/mol. The number of aryl methyl sites for hydroxylation is 1. The topological polar surface area (TPSA) is 28.4 Å². The molecule has 108 valence electrons. The highest BCUT2D eigenvalue weighted by Crippen LogP contribution is 2.16. The lowest BCUT2D eigenvalue weighted by molar-refractivity contribution is 0.276. The summed E-state index contributed by atoms with van der Waals surface area (Å²) >= 11 is 0. The van der Waals surface area contributed by atoms with Crippen molar-refractivity contribution in [2.24, 2.45) is 5.92 Å². The van der Waals surface area contributed by atoms with Crippen LogP contribution < -0.4 is 5.32 Å². The Hall–Kier alpha value is -1.06. The van der Waals surface area contributed by atoms with E-state index in [9.17, 15) is 0 Å². The first-order valence-corrected chi connectivity index (χ1v) is 7.19. The predicted molar refractivity (Wildman–Crippen MR) is 81.1 cm³/mol. The zero-order chi connectivity index (χ0) is 14.3. The van der Waals surface area contributed by atoms with Crippen LogP contribution in [0.2, 0.25) is 0 Å². The van der Waals surface area contributed by atoms with Crippen molar-refractivity contribution in [1.29, 1.82) is 0 Å². The second kappa shape index (κ2) is 8.18. The SMILES string of the molecule is C=CCN(CC)Cc1cc(C)c(CNCC(C)C)o1. The molecule has 0 unspecified atom stereocenters. The van der Waals surface area contributed by atoms with Gasteiger partial charge in [-0.05, 0) is 37.6 Å². The first-order valence-electron chi connectivity index (χ1n) is 7.19. The van der Waals surface area contributed by atoms with E-state index in [0.717, 1.165) is 44.2 Å². The minimum atomic E-state index is 0.665. The van der Waals surface area contributed by atoms with Gasteiger partial charge in [0.25, 0.3) is 0 Å². The number of rotatable bonds is 9. The van der Waals surface area contributed by atoms with Crippen molar-refractivity contribution < 1.29 is 4.42 Å². The van der Waals surface area contributed by atoms with E-state index in [1.54, 1.807) is 0 Å². The van der Waals surface area contributed by atoms with Crippen LogP contribution in [0.4, 0.5) is 0 Å². The predicted octanol–water partition coefficient (Wildman–Crippen LogP) is 3.34. The molecule has 3 heteroatoms. The van der Waals surface area contributed by atoms with Gasteiger partial charge in [0.1, 0.15) is 11.5 Å². The molecule has 1 heterocycles. The van der Waals surface area contributed by atoms with E-state index in [1.807, 2.05) is 6.08 Å². The Kier molecular flexibility index (Phi) is 6.89. The van der Waals surface area contributed by atoms with Crippen LogP contribution in [0, 0.1) is 12.8 Å². The van der Waals surface area contributed by atoms with Crippen molar-refractivity contribution in [3.05, 3.63) is 35.8 Å². The second-order valence-corrected chi connectivity index (χ2v) is 5.46. The molecule has 0 aliphatic carbocycles. The minimum Gasteiger partial charge on any atom is -0.463 e. The van der Waals surface area contributed by atoms with Gasteiger partial charge in [0.2, 0.25) is 0 Å². The highest BCUT2D eigenvalue weighted by molar-refractivity contribution is 5.20. The van der Waals surface area contributed by atoms with E-state index in [4.69, 9.17) is 4.42 Å². The molecule has 0 aliphatic heterocycles. The molecule has 3 nitrogen and oxygen atoms in total. The standard InChI is InChI=1S/C16H28N2O/c1-6-8-18(7-2)12-15-9-14(5)16(19-15)11-17-10-13(3)4/h6,9,13,17H,1,7-8,10-12H2,2-5H3. The largest absolute Gasteiger partial charge is 0.463 e. The fraction of sp³-hybridized carbons (Fsp3) is 0.625. The fourth-order valence-electron chi connectivity index (χ4n) is 2.03. The van der Waals surface area contributed by atoms with Crippen LogP contribution in [0.15, 0.2) is 23.1 Å². The molecule has 0 saturated carbocycles. The van der Waals surface area contributed by atoms with Gasteiger partial charge in [-0.1, -0.05) is 26.8 Å². The van der Waals surface area contributed by atoms with Crippen LogP contribution in [-0.2, 0) is 13.1 Å². The van der Waals surface area contributed by atoms with Gasteiger partial charge in [0.15, 0.2) is 0 Å². The smallest absolute Gasteiger partial charge is 0.120 e. The summed E-state index contributed by atoms with van der Waals surface area (Å²) in [5.41, 5.74) is 1.24. The molecule has 0 bridgehead atoms. The van der Waals surface area contributed by atoms with E-state index in [0.29, 0.717) is 5.92 Å². The molecule has 19 heavy (non-hydrogen) atoms. The number of furan rings is 1. The quantitative estimate of drug-likeness (QED) is 0.693. The van der Waals surface area contributed by atoms with Crippen LogP contribution in [0.25, 0.3) is 0 Å². The molecular weight excluding hydrogens is 236 g/mol. The molecule has 1 aromatic rings. The summed E-state index contributed by atoms with van der Waals surface area (Å²) in [6.07, 6.45) is 1.93. The summed E-state index contributed by atoms with van der Waals surface area (Å²) in [5.74, 6) is 2.77. The second-order valence-electron chi connectivity index (χ2n) is 5.46. The van der Waals surface area contributed by atoms with Crippen LogP contribution >= 0.6 is 0 Å². The normalized spacial score (nSPS) is 11.5. The van der Waals surface area contributed by atoms with Gasteiger partial charge in [-0.3, -0.25) is 4.90 Å². The van der Waals surface area contributed by atoms with Crippen LogP contribution in [-0.4, -0.2) is 24.5 Å². The third kappa shape index (κ3) is 5.62. The molecule has 0 spiro atoms. The number of nitrogens with one attached hydrogen (secondary N) is 1. The molecule has 0 radical (unpaired) electrons. The molecule has 0 atom stereocenters. The van der Waals surface area contributed by atoms with Gasteiger partial charge in [-0.15, -0.1) is 6.58 Å². The highest BCUT2D eigenvalue weighted by atomic mass is 16.3. The van der Waals surface area contributed by atoms with Crippen molar-refractivity contribution in [3.8, 4) is 0 Å². The van der Waals surface area contributed by atoms with Crippen LogP contribution in [0.5, 0.6) is 0 Å². The molecule has 1 rings (SSSR count). The van der Waals surface area contributed by atoms with Crippen molar-refractivity contribution in [2.75, 3.05) is 19.6 Å². The lowest BCUT2D eigenvalue weighted by Gasteiger charge is -2.16. The number of hydrogen-bond acceptors (Lipinski definition) is 3. The van der Waals surface area contributed by atoms with E-state index in [2.05, 4.69) is 50.6 Å². The first kappa shape index (κ1) is 16.0. The Morgan fingerprint density at radius 1 is 1.47 bits per heavy atom. The lowest BCUT2D eigenvalue weighted by atomic mass is 10.2. The molecule has 0 aliphatic rings. The molecule has 0 saturated heterocycles. The summed E-state index contributed by atoms with van der Waals surface area (Å²) in [4.78, 5) is 2.30. The van der Waals surface area contributed by atoms with Gasteiger partial charge < -0.3 is 9.73 Å². The summed E-state index contributed by atoms with van der Waals surface area (Å²) in [6, 6.07) is 2.15. The van der Waals surface area contributed by atoms with Gasteiger partial charge in [-0.2, -0.15) is 0 Å². The van der Waals surface area contributed by atoms with Crippen LogP contribution in [0.3, 0.4) is 0 Å². The maximum Gasteiger partial charge on any atom is 0.120 e. The van der Waals surface area contributed by atoms with Crippen molar-refractivity contribution >= 4 is 0 Å². The zero-order valence-electron chi connectivity index (χ0n) is 12.8. The summed E-state index contributed by atoms with van der Waals surface area (Å²) in [6.45, 7) is 17.1. The minimum absolute atomic E-state index is 0.665. The average Bonchev–Trinajstić information content (AvgIpc) is 2.69. The Bertz CT molecular complexity index is 382. The van der Waals surface area contributed by atoms with Crippen molar-refractivity contribution in [1.82, 2.24) is 10.2 Å².